The highest BCUT2D eigenvalue weighted by Crippen LogP contribution is 2.41. The molecule has 0 atom stereocenters. The van der Waals surface area contributed by atoms with Gasteiger partial charge in [-0.15, -0.1) is 0 Å². The van der Waals surface area contributed by atoms with E-state index in [9.17, 15) is 14.9 Å². The maximum atomic E-state index is 11.3. The lowest BCUT2D eigenvalue weighted by Gasteiger charge is -2.11. The zero-order valence-corrected chi connectivity index (χ0v) is 15.4. The molecule has 0 radical (unpaired) electrons. The Morgan fingerprint density at radius 1 is 1.16 bits per heavy atom. The summed E-state index contributed by atoms with van der Waals surface area (Å²) in [5.74, 6) is -0.230. The van der Waals surface area contributed by atoms with Crippen molar-refractivity contribution >= 4 is 46.6 Å². The van der Waals surface area contributed by atoms with E-state index in [1.807, 2.05) is 0 Å². The van der Waals surface area contributed by atoms with Crippen LogP contribution in [0.2, 0.25) is 10.0 Å². The van der Waals surface area contributed by atoms with Gasteiger partial charge in [-0.1, -0.05) is 35.0 Å². The number of rotatable bonds is 7. The summed E-state index contributed by atoms with van der Waals surface area (Å²) in [5, 5.41) is 11.1. The molecule has 132 valence electrons. The van der Waals surface area contributed by atoms with Gasteiger partial charge in [0.05, 0.1) is 16.6 Å². The normalized spacial score (nSPS) is 10.4. The Morgan fingerprint density at radius 3 is 2.44 bits per heavy atom. The van der Waals surface area contributed by atoms with Crippen LogP contribution < -0.4 is 4.74 Å². The first-order valence-electron chi connectivity index (χ1n) is 7.11. The minimum atomic E-state index is -0.501. The van der Waals surface area contributed by atoms with Gasteiger partial charge < -0.3 is 9.47 Å². The first-order valence-corrected chi connectivity index (χ1v) is 8.68. The van der Waals surface area contributed by atoms with Crippen LogP contribution in [0.15, 0.2) is 46.2 Å². The summed E-state index contributed by atoms with van der Waals surface area (Å²) < 4.78 is 10.1. The van der Waals surface area contributed by atoms with Crippen molar-refractivity contribution < 1.29 is 19.2 Å². The number of non-ortho nitro benzene ring substituents is 1. The highest BCUT2D eigenvalue weighted by atomic mass is 35.5. The monoisotopic (exact) mass is 401 g/mol. The molecule has 0 bridgehead atoms. The van der Waals surface area contributed by atoms with Gasteiger partial charge in [0.1, 0.15) is 10.8 Å². The quantitative estimate of drug-likeness (QED) is 0.369. The molecule has 2 aromatic rings. The molecule has 0 fully saturated rings. The fourth-order valence-corrected chi connectivity index (χ4v) is 3.21. The molecule has 0 aliphatic carbocycles. The minimum absolute atomic E-state index is 0.0104. The van der Waals surface area contributed by atoms with Crippen molar-refractivity contribution in [2.45, 2.75) is 16.7 Å². The largest absolute Gasteiger partial charge is 0.480 e. The lowest BCUT2D eigenvalue weighted by Crippen LogP contribution is -2.14. The van der Waals surface area contributed by atoms with Crippen LogP contribution in [0.25, 0.3) is 0 Å². The van der Waals surface area contributed by atoms with Crippen molar-refractivity contribution in [2.24, 2.45) is 0 Å². The number of nitro groups is 1. The number of esters is 1. The van der Waals surface area contributed by atoms with Crippen molar-refractivity contribution in [3.8, 4) is 5.75 Å². The molecule has 0 saturated carbocycles. The maximum Gasteiger partial charge on any atom is 0.344 e. The molecule has 0 aromatic heterocycles. The predicted octanol–water partition coefficient (Wildman–Crippen LogP) is 4.99. The second-order valence-corrected chi connectivity index (χ2v) is 6.51. The Labute approximate surface area is 158 Å². The van der Waals surface area contributed by atoms with Crippen LogP contribution in [0.4, 0.5) is 5.69 Å². The van der Waals surface area contributed by atoms with E-state index >= 15 is 0 Å². The number of benzene rings is 2. The highest BCUT2D eigenvalue weighted by Gasteiger charge is 2.14. The van der Waals surface area contributed by atoms with Gasteiger partial charge in [-0.25, -0.2) is 4.79 Å². The van der Waals surface area contributed by atoms with Gasteiger partial charge in [0, 0.05) is 21.9 Å². The van der Waals surface area contributed by atoms with Gasteiger partial charge >= 0.3 is 5.97 Å². The van der Waals surface area contributed by atoms with Crippen molar-refractivity contribution in [1.82, 2.24) is 0 Å². The predicted molar refractivity (Wildman–Crippen MR) is 95.8 cm³/mol. The maximum absolute atomic E-state index is 11.3. The SMILES string of the molecule is CCOC(=O)COc1ccc(Sc2ccc([N+](=O)[O-])cc2)c(Cl)c1Cl. The topological polar surface area (TPSA) is 78.7 Å². The third kappa shape index (κ3) is 5.26. The van der Waals surface area contributed by atoms with Crippen LogP contribution in [-0.2, 0) is 9.53 Å². The van der Waals surface area contributed by atoms with E-state index in [-0.39, 0.29) is 34.7 Å². The van der Waals surface area contributed by atoms with E-state index in [0.29, 0.717) is 4.90 Å². The number of nitrogens with zero attached hydrogens (tertiary/aromatic N) is 1. The third-order valence-electron chi connectivity index (χ3n) is 2.94. The minimum Gasteiger partial charge on any atom is -0.480 e. The molecule has 0 aliphatic rings. The molecule has 9 heteroatoms. The van der Waals surface area contributed by atoms with E-state index in [1.165, 1.54) is 23.9 Å². The lowest BCUT2D eigenvalue weighted by molar-refractivity contribution is -0.384. The summed E-state index contributed by atoms with van der Waals surface area (Å²) in [6.07, 6.45) is 0. The molecule has 2 aromatic carbocycles. The van der Waals surface area contributed by atoms with Crippen LogP contribution in [0, 0.1) is 10.1 Å². The fourth-order valence-electron chi connectivity index (χ4n) is 1.81. The molecule has 6 nitrogen and oxygen atoms in total. The van der Waals surface area contributed by atoms with Crippen molar-refractivity contribution in [3.63, 3.8) is 0 Å². The second kappa shape index (κ2) is 8.94. The van der Waals surface area contributed by atoms with Gasteiger partial charge in [-0.2, -0.15) is 0 Å². The Kier molecular flexibility index (Phi) is 6.92. The molecule has 0 amide bonds. The summed E-state index contributed by atoms with van der Waals surface area (Å²) in [5.41, 5.74) is 0.0104. The number of halogens is 2. The number of carbonyl (C=O) groups is 1. The van der Waals surface area contributed by atoms with Crippen molar-refractivity contribution in [1.29, 1.82) is 0 Å². The summed E-state index contributed by atoms with van der Waals surface area (Å²) in [6.45, 7) is 1.70. The van der Waals surface area contributed by atoms with E-state index in [0.717, 1.165) is 4.90 Å². The van der Waals surface area contributed by atoms with Crippen LogP contribution in [0.5, 0.6) is 5.75 Å². The highest BCUT2D eigenvalue weighted by molar-refractivity contribution is 7.99. The molecule has 0 saturated heterocycles. The van der Waals surface area contributed by atoms with Crippen LogP contribution in [0.1, 0.15) is 6.92 Å². The standard InChI is InChI=1S/C16H13Cl2NO5S/c1-2-23-14(20)9-24-12-7-8-13(16(18)15(12)17)25-11-5-3-10(4-6-11)19(21)22/h3-8H,2,9H2,1H3. The van der Waals surface area contributed by atoms with Crippen LogP contribution in [0.3, 0.4) is 0 Å². The van der Waals surface area contributed by atoms with Crippen LogP contribution >= 0.6 is 35.0 Å². The summed E-state index contributed by atoms with van der Waals surface area (Å²) in [7, 11) is 0. The number of carbonyl (C=O) groups excluding carboxylic acids is 1. The van der Waals surface area contributed by atoms with E-state index in [2.05, 4.69) is 0 Å². The van der Waals surface area contributed by atoms with Gasteiger partial charge in [0.25, 0.3) is 5.69 Å². The molecule has 25 heavy (non-hydrogen) atoms. The first-order chi connectivity index (χ1) is 11.9. The Bertz CT molecular complexity index is 783. The molecule has 0 spiro atoms. The smallest absolute Gasteiger partial charge is 0.344 e. The van der Waals surface area contributed by atoms with Crippen molar-refractivity contribution in [2.75, 3.05) is 13.2 Å². The summed E-state index contributed by atoms with van der Waals surface area (Å²) in [6, 6.07) is 9.36. The van der Waals surface area contributed by atoms with Gasteiger partial charge in [0.2, 0.25) is 0 Å². The second-order valence-electron chi connectivity index (χ2n) is 4.64. The number of ether oxygens (including phenoxy) is 2. The van der Waals surface area contributed by atoms with E-state index in [4.69, 9.17) is 32.7 Å². The molecular formula is C16H13Cl2NO5S. The number of hydrogen-bond donors (Lipinski definition) is 0. The first kappa shape index (κ1) is 19.4. The Hall–Kier alpha value is -1.96. The average Bonchev–Trinajstić information content (AvgIpc) is 2.59. The Morgan fingerprint density at radius 2 is 1.84 bits per heavy atom. The van der Waals surface area contributed by atoms with Gasteiger partial charge in [0.15, 0.2) is 6.61 Å². The van der Waals surface area contributed by atoms with Gasteiger partial charge in [-0.3, -0.25) is 10.1 Å². The lowest BCUT2D eigenvalue weighted by atomic mass is 10.3. The zero-order chi connectivity index (χ0) is 18.4. The number of hydrogen-bond acceptors (Lipinski definition) is 6. The summed E-state index contributed by atoms with van der Waals surface area (Å²) in [4.78, 5) is 23.0. The molecular weight excluding hydrogens is 389 g/mol. The van der Waals surface area contributed by atoms with Crippen LogP contribution in [-0.4, -0.2) is 24.1 Å². The zero-order valence-electron chi connectivity index (χ0n) is 13.0. The fraction of sp³-hybridized carbons (Fsp3) is 0.188. The number of nitro benzene ring substituents is 1. The van der Waals surface area contributed by atoms with Crippen molar-refractivity contribution in [3.05, 3.63) is 56.6 Å². The van der Waals surface area contributed by atoms with E-state index < -0.39 is 10.9 Å². The average molecular weight is 402 g/mol. The van der Waals surface area contributed by atoms with E-state index in [1.54, 1.807) is 31.2 Å². The molecule has 0 N–H and O–H groups in total. The Balaban J connectivity index is 2.11. The molecule has 2 rings (SSSR count). The summed E-state index contributed by atoms with van der Waals surface area (Å²) >= 11 is 13.7. The molecule has 0 heterocycles. The molecule has 0 aliphatic heterocycles. The molecule has 0 unspecified atom stereocenters. The third-order valence-corrected chi connectivity index (χ3v) is 4.98. The van der Waals surface area contributed by atoms with Gasteiger partial charge in [-0.05, 0) is 31.2 Å².